The highest BCUT2D eigenvalue weighted by atomic mass is 29.8. The van der Waals surface area contributed by atoms with E-state index < -0.39 is 38.2 Å². The molecule has 0 aromatic carbocycles. The zero-order valence-corrected chi connectivity index (χ0v) is 22.3. The van der Waals surface area contributed by atoms with Crippen LogP contribution in [-0.4, -0.2) is 59.5 Å². The Kier molecular flexibility index (Phi) is 7.37. The minimum Gasteiger partial charge on any atom is -0.377 e. The molecule has 0 aliphatic heterocycles. The van der Waals surface area contributed by atoms with Crippen molar-refractivity contribution in [2.75, 3.05) is 21.3 Å². The van der Waals surface area contributed by atoms with Gasteiger partial charge >= 0.3 is 8.80 Å². The van der Waals surface area contributed by atoms with Gasteiger partial charge in [0.1, 0.15) is 0 Å². The molecule has 0 fully saturated rings. The molecule has 0 saturated carbocycles. The van der Waals surface area contributed by atoms with Crippen LogP contribution in [0.3, 0.4) is 0 Å². The quantitative estimate of drug-likeness (QED) is 0.566. The van der Waals surface area contributed by atoms with Crippen molar-refractivity contribution >= 4 is 38.2 Å². The molecule has 0 aliphatic carbocycles. The van der Waals surface area contributed by atoms with Gasteiger partial charge in [-0.3, -0.25) is 0 Å². The molecule has 3 nitrogen and oxygen atoms in total. The summed E-state index contributed by atoms with van der Waals surface area (Å²) >= 11 is 0. The van der Waals surface area contributed by atoms with Crippen LogP contribution in [0.1, 0.15) is 6.92 Å². The monoisotopic (exact) mass is 396 g/mol. The molecular weight excluding hydrogens is 357 g/mol. The topological polar surface area (TPSA) is 27.7 Å². The molecule has 0 aromatic rings. The van der Waals surface area contributed by atoms with Gasteiger partial charge in [0.2, 0.25) is 0 Å². The lowest BCUT2D eigenvalue weighted by atomic mass is 10.9. The second kappa shape index (κ2) is 7.07. The van der Waals surface area contributed by atoms with E-state index in [-0.39, 0.29) is 0 Å². The van der Waals surface area contributed by atoms with Crippen LogP contribution in [0.4, 0.5) is 0 Å². The molecule has 0 aromatic heterocycles. The van der Waals surface area contributed by atoms with Crippen LogP contribution >= 0.6 is 0 Å². The molecule has 1 atom stereocenters. The summed E-state index contributed by atoms with van der Waals surface area (Å²) in [5.74, 6) is 0. The summed E-state index contributed by atoms with van der Waals surface area (Å²) in [5, 5.41) is 0.435. The number of hydrogen-bond donors (Lipinski definition) is 0. The fourth-order valence-electron chi connectivity index (χ4n) is 3.51. The Labute approximate surface area is 143 Å². The molecule has 0 bridgehead atoms. The molecule has 0 spiro atoms. The van der Waals surface area contributed by atoms with Gasteiger partial charge in [0.15, 0.2) is 0 Å². The first-order chi connectivity index (χ1) is 9.59. The fourth-order valence-corrected chi connectivity index (χ4v) is 86.2. The lowest BCUT2D eigenvalue weighted by Crippen LogP contribution is -2.80. The molecule has 134 valence electrons. The van der Waals surface area contributed by atoms with Crippen molar-refractivity contribution in [1.29, 1.82) is 0 Å². The highest BCUT2D eigenvalue weighted by Gasteiger charge is 2.64. The van der Waals surface area contributed by atoms with E-state index in [1.807, 2.05) is 0 Å². The van der Waals surface area contributed by atoms with Crippen LogP contribution < -0.4 is 0 Å². The molecule has 0 aliphatic rings. The van der Waals surface area contributed by atoms with Crippen molar-refractivity contribution in [3.8, 4) is 0 Å². The van der Waals surface area contributed by atoms with E-state index in [9.17, 15) is 0 Å². The third kappa shape index (κ3) is 3.49. The van der Waals surface area contributed by atoms with Crippen molar-refractivity contribution in [3.63, 3.8) is 0 Å². The van der Waals surface area contributed by atoms with Crippen molar-refractivity contribution < 1.29 is 13.3 Å². The summed E-state index contributed by atoms with van der Waals surface area (Å²) in [4.78, 5) is 0. The average molecular weight is 397 g/mol. The molecule has 0 amide bonds. The summed E-state index contributed by atoms with van der Waals surface area (Å²) in [7, 11) is -2.62. The third-order valence-electron chi connectivity index (χ3n) is 7.51. The first-order valence-electron chi connectivity index (χ1n) is 8.24. The highest BCUT2D eigenvalue weighted by molar-refractivity contribution is 7.83. The smallest absolute Gasteiger partial charge is 0.377 e. The van der Waals surface area contributed by atoms with Gasteiger partial charge in [-0.05, 0) is 0 Å². The van der Waals surface area contributed by atoms with E-state index in [1.54, 1.807) is 21.3 Å². The Bertz CT molecular complexity index is 365. The standard InChI is InChI=1S/C14H40O3Si5/c1-14(22(15-2,16-3)17-4)19(8,9)21(12,13)20(10,11)18(5,6)7/h14H,1-13H3. The van der Waals surface area contributed by atoms with Crippen LogP contribution in [0.5, 0.6) is 0 Å². The number of hydrogen-bond acceptors (Lipinski definition) is 3. The highest BCUT2D eigenvalue weighted by Crippen LogP contribution is 2.43. The molecule has 0 heterocycles. The van der Waals surface area contributed by atoms with Crippen molar-refractivity contribution in [1.82, 2.24) is 0 Å². The molecular formula is C14H40O3Si5. The summed E-state index contributed by atoms with van der Waals surface area (Å²) < 4.78 is 17.6. The normalized spacial score (nSPS) is 16.8. The Morgan fingerprint density at radius 2 is 0.909 bits per heavy atom. The Morgan fingerprint density at radius 1 is 0.591 bits per heavy atom. The second-order valence-electron chi connectivity index (χ2n) is 9.16. The van der Waals surface area contributed by atoms with Gasteiger partial charge in [-0.15, -0.1) is 0 Å². The maximum Gasteiger partial charge on any atom is 0.500 e. The predicted octanol–water partition coefficient (Wildman–Crippen LogP) is 4.49. The average Bonchev–Trinajstić information content (AvgIpc) is 2.39. The maximum absolute atomic E-state index is 5.86. The largest absolute Gasteiger partial charge is 0.500 e. The van der Waals surface area contributed by atoms with Gasteiger partial charge in [0, 0.05) is 55.9 Å². The van der Waals surface area contributed by atoms with Crippen molar-refractivity contribution in [2.24, 2.45) is 0 Å². The minimum absolute atomic E-state index is 0.435. The van der Waals surface area contributed by atoms with Gasteiger partial charge in [0.25, 0.3) is 0 Å². The van der Waals surface area contributed by atoms with Crippen LogP contribution in [0.2, 0.25) is 64.1 Å². The third-order valence-corrected chi connectivity index (χ3v) is 84.3. The minimum atomic E-state index is -2.57. The Balaban J connectivity index is 6.00. The van der Waals surface area contributed by atoms with E-state index >= 15 is 0 Å². The molecule has 22 heavy (non-hydrogen) atoms. The summed E-state index contributed by atoms with van der Waals surface area (Å²) in [6.45, 7) is 25.9. The van der Waals surface area contributed by atoms with Gasteiger partial charge < -0.3 is 13.3 Å². The molecule has 0 N–H and O–H groups in total. The first kappa shape index (κ1) is 23.0. The maximum atomic E-state index is 5.86. The summed E-state index contributed by atoms with van der Waals surface area (Å²) in [6.07, 6.45) is 0. The van der Waals surface area contributed by atoms with Gasteiger partial charge in [-0.1, -0.05) is 65.8 Å². The summed E-state index contributed by atoms with van der Waals surface area (Å²) in [5.41, 5.74) is 0. The Hall–Kier alpha value is 0.964. The van der Waals surface area contributed by atoms with Gasteiger partial charge in [0.05, 0.1) is 0 Å². The molecule has 8 heteroatoms. The second-order valence-corrected chi connectivity index (χ2v) is 54.7. The zero-order chi connectivity index (χ0) is 18.2. The van der Waals surface area contributed by atoms with E-state index in [0.717, 1.165) is 0 Å². The van der Waals surface area contributed by atoms with Crippen LogP contribution in [0.15, 0.2) is 0 Å². The van der Waals surface area contributed by atoms with Crippen LogP contribution in [-0.2, 0) is 13.3 Å². The lowest BCUT2D eigenvalue weighted by molar-refractivity contribution is 0.120. The SMILES string of the molecule is CO[Si](OC)(OC)C(C)[Si](C)(C)[Si](C)(C)[Si](C)(C)[Si](C)(C)C. The zero-order valence-electron chi connectivity index (χ0n) is 17.3. The summed E-state index contributed by atoms with van der Waals surface area (Å²) in [6, 6.07) is 0. The molecule has 0 radical (unpaired) electrons. The molecule has 0 rings (SSSR count). The predicted molar refractivity (Wildman–Crippen MR) is 112 cm³/mol. The van der Waals surface area contributed by atoms with Crippen molar-refractivity contribution in [3.05, 3.63) is 0 Å². The van der Waals surface area contributed by atoms with E-state index in [0.29, 0.717) is 5.16 Å². The first-order valence-corrected chi connectivity index (χ1v) is 25.6. The van der Waals surface area contributed by atoms with E-state index in [4.69, 9.17) is 13.3 Å². The van der Waals surface area contributed by atoms with E-state index in [2.05, 4.69) is 65.8 Å². The van der Waals surface area contributed by atoms with Crippen molar-refractivity contribution in [2.45, 2.75) is 71.0 Å². The fraction of sp³-hybridized carbons (Fsp3) is 1.00. The van der Waals surface area contributed by atoms with Gasteiger partial charge in [-0.25, -0.2) is 0 Å². The molecule has 1 unspecified atom stereocenters. The molecule has 0 saturated heterocycles. The Morgan fingerprint density at radius 3 is 1.14 bits per heavy atom. The van der Waals surface area contributed by atoms with E-state index in [1.165, 1.54) is 0 Å². The number of rotatable bonds is 8. The lowest BCUT2D eigenvalue weighted by Gasteiger charge is -2.57. The van der Waals surface area contributed by atoms with Gasteiger partial charge in [-0.2, -0.15) is 0 Å². The van der Waals surface area contributed by atoms with Crippen LogP contribution in [0.25, 0.3) is 0 Å². The van der Waals surface area contributed by atoms with Crippen LogP contribution in [0, 0.1) is 0 Å².